The van der Waals surface area contributed by atoms with Crippen molar-refractivity contribution < 1.29 is 13.6 Å². The van der Waals surface area contributed by atoms with Gasteiger partial charge >= 0.3 is 0 Å². The molecule has 0 radical (unpaired) electrons. The molecule has 0 aliphatic heterocycles. The molecule has 1 aliphatic rings. The van der Waals surface area contributed by atoms with Crippen LogP contribution in [0.15, 0.2) is 18.2 Å². The van der Waals surface area contributed by atoms with Gasteiger partial charge in [-0.1, -0.05) is 6.07 Å². The van der Waals surface area contributed by atoms with Crippen LogP contribution in [-0.2, 0) is 11.2 Å². The molecule has 0 amide bonds. The topological polar surface area (TPSA) is 43.1 Å². The van der Waals surface area contributed by atoms with Gasteiger partial charge in [0, 0.05) is 12.0 Å². The monoisotopic (exact) mass is 239 g/mol. The van der Waals surface area contributed by atoms with Crippen molar-refractivity contribution >= 4 is 5.78 Å². The highest BCUT2D eigenvalue weighted by molar-refractivity contribution is 5.90. The summed E-state index contributed by atoms with van der Waals surface area (Å²) in [6, 6.07) is 3.58. The van der Waals surface area contributed by atoms with Gasteiger partial charge < -0.3 is 5.73 Å². The molecular weight excluding hydrogens is 224 g/mol. The third-order valence-corrected chi connectivity index (χ3v) is 3.43. The Hall–Kier alpha value is -1.29. The number of nitrogens with two attached hydrogens (primary N) is 1. The zero-order chi connectivity index (χ0) is 12.6. The zero-order valence-corrected chi connectivity index (χ0v) is 9.67. The summed E-state index contributed by atoms with van der Waals surface area (Å²) < 4.78 is 26.8. The number of Topliss-reactive ketones (excluding diaryl/α,β-unsaturated/α-hetero) is 1. The molecule has 2 rings (SSSR count). The van der Waals surface area contributed by atoms with Crippen LogP contribution in [0.4, 0.5) is 8.78 Å². The first-order valence-electron chi connectivity index (χ1n) is 5.68. The largest absolute Gasteiger partial charge is 0.319 e. The number of carbonyl (C=O) groups excluding carboxylic acids is 1. The van der Waals surface area contributed by atoms with E-state index < -0.39 is 17.2 Å². The third-order valence-electron chi connectivity index (χ3n) is 3.43. The SMILES string of the molecule is CC(N)(C(=O)Cc1c(F)cccc1F)C1CC1. The normalized spacial score (nSPS) is 18.8. The van der Waals surface area contributed by atoms with E-state index in [4.69, 9.17) is 5.73 Å². The van der Waals surface area contributed by atoms with Crippen LogP contribution in [0.2, 0.25) is 0 Å². The van der Waals surface area contributed by atoms with Crippen LogP contribution in [0, 0.1) is 17.6 Å². The molecule has 1 atom stereocenters. The molecule has 0 bridgehead atoms. The van der Waals surface area contributed by atoms with E-state index in [2.05, 4.69) is 0 Å². The zero-order valence-electron chi connectivity index (χ0n) is 9.67. The maximum atomic E-state index is 13.4. The first kappa shape index (κ1) is 12.2. The molecule has 1 aliphatic carbocycles. The van der Waals surface area contributed by atoms with Crippen LogP contribution in [0.5, 0.6) is 0 Å². The summed E-state index contributed by atoms with van der Waals surface area (Å²) in [7, 11) is 0. The van der Waals surface area contributed by atoms with E-state index in [1.54, 1.807) is 6.92 Å². The number of hydrogen-bond acceptors (Lipinski definition) is 2. The summed E-state index contributed by atoms with van der Waals surface area (Å²) in [5.74, 6) is -1.52. The molecule has 4 heteroatoms. The van der Waals surface area contributed by atoms with Crippen LogP contribution in [0.3, 0.4) is 0 Å². The Morgan fingerprint density at radius 2 is 1.94 bits per heavy atom. The number of hydrogen-bond donors (Lipinski definition) is 1. The highest BCUT2D eigenvalue weighted by Gasteiger charge is 2.43. The van der Waals surface area contributed by atoms with Gasteiger partial charge in [-0.25, -0.2) is 8.78 Å². The van der Waals surface area contributed by atoms with Crippen LogP contribution in [-0.4, -0.2) is 11.3 Å². The van der Waals surface area contributed by atoms with Crippen LogP contribution < -0.4 is 5.73 Å². The van der Waals surface area contributed by atoms with Gasteiger partial charge in [-0.2, -0.15) is 0 Å². The minimum atomic E-state index is -0.964. The molecule has 0 heterocycles. The van der Waals surface area contributed by atoms with Crippen molar-refractivity contribution in [1.82, 2.24) is 0 Å². The smallest absolute Gasteiger partial charge is 0.157 e. The van der Waals surface area contributed by atoms with Gasteiger partial charge in [0.25, 0.3) is 0 Å². The second-order valence-electron chi connectivity index (χ2n) is 4.86. The first-order valence-corrected chi connectivity index (χ1v) is 5.68. The van der Waals surface area contributed by atoms with E-state index in [9.17, 15) is 13.6 Å². The summed E-state index contributed by atoms with van der Waals surface area (Å²) in [4.78, 5) is 12.0. The second kappa shape index (κ2) is 4.18. The quantitative estimate of drug-likeness (QED) is 0.875. The fourth-order valence-electron chi connectivity index (χ4n) is 1.96. The fourth-order valence-corrected chi connectivity index (χ4v) is 1.96. The molecule has 0 aromatic heterocycles. The van der Waals surface area contributed by atoms with Crippen molar-refractivity contribution in [3.63, 3.8) is 0 Å². The first-order chi connectivity index (χ1) is 7.93. The summed E-state index contributed by atoms with van der Waals surface area (Å²) >= 11 is 0. The van der Waals surface area contributed by atoms with Gasteiger partial charge in [0.15, 0.2) is 5.78 Å². The van der Waals surface area contributed by atoms with Crippen molar-refractivity contribution in [3.05, 3.63) is 35.4 Å². The second-order valence-corrected chi connectivity index (χ2v) is 4.86. The van der Waals surface area contributed by atoms with Crippen molar-refractivity contribution in [1.29, 1.82) is 0 Å². The molecule has 92 valence electrons. The lowest BCUT2D eigenvalue weighted by molar-refractivity contribution is -0.123. The molecule has 1 fully saturated rings. The number of carbonyl (C=O) groups is 1. The molecule has 0 saturated heterocycles. The van der Waals surface area contributed by atoms with Crippen molar-refractivity contribution in [3.8, 4) is 0 Å². The van der Waals surface area contributed by atoms with E-state index in [0.717, 1.165) is 25.0 Å². The van der Waals surface area contributed by atoms with E-state index in [-0.39, 0.29) is 23.7 Å². The van der Waals surface area contributed by atoms with Gasteiger partial charge in [0.05, 0.1) is 5.54 Å². The molecule has 0 spiro atoms. The lowest BCUT2D eigenvalue weighted by atomic mass is 9.88. The van der Waals surface area contributed by atoms with Crippen molar-refractivity contribution in [2.24, 2.45) is 11.7 Å². The summed E-state index contributed by atoms with van der Waals surface area (Å²) in [5, 5.41) is 0. The summed E-state index contributed by atoms with van der Waals surface area (Å²) in [6.07, 6.45) is 1.55. The van der Waals surface area contributed by atoms with E-state index >= 15 is 0 Å². The van der Waals surface area contributed by atoms with Gasteiger partial charge in [-0.05, 0) is 37.8 Å². The molecular formula is C13H15F2NO. The minimum Gasteiger partial charge on any atom is -0.319 e. The Balaban J connectivity index is 2.18. The Labute approximate surface area is 98.8 Å². The molecule has 2 nitrogen and oxygen atoms in total. The standard InChI is InChI=1S/C13H15F2NO/c1-13(16,8-5-6-8)12(17)7-9-10(14)3-2-4-11(9)15/h2-4,8H,5-7,16H2,1H3. The fraction of sp³-hybridized carbons (Fsp3) is 0.462. The molecule has 1 aromatic rings. The number of rotatable bonds is 4. The van der Waals surface area contributed by atoms with E-state index in [1.807, 2.05) is 0 Å². The van der Waals surface area contributed by atoms with Crippen LogP contribution in [0.25, 0.3) is 0 Å². The molecule has 1 unspecified atom stereocenters. The molecule has 17 heavy (non-hydrogen) atoms. The van der Waals surface area contributed by atoms with Crippen molar-refractivity contribution in [2.45, 2.75) is 31.7 Å². The average molecular weight is 239 g/mol. The molecule has 1 aromatic carbocycles. The number of halogens is 2. The Bertz CT molecular complexity index is 432. The maximum absolute atomic E-state index is 13.4. The predicted molar refractivity (Wildman–Crippen MR) is 60.4 cm³/mol. The maximum Gasteiger partial charge on any atom is 0.157 e. The lowest BCUT2D eigenvalue weighted by Crippen LogP contribution is -2.48. The van der Waals surface area contributed by atoms with Gasteiger partial charge in [-0.3, -0.25) is 4.79 Å². The number of benzene rings is 1. The lowest BCUT2D eigenvalue weighted by Gasteiger charge is -2.22. The summed E-state index contributed by atoms with van der Waals surface area (Å²) in [6.45, 7) is 1.64. The minimum absolute atomic E-state index is 0.157. The van der Waals surface area contributed by atoms with Crippen LogP contribution >= 0.6 is 0 Å². The molecule has 1 saturated carbocycles. The molecule has 2 N–H and O–H groups in total. The average Bonchev–Trinajstić information content (AvgIpc) is 3.07. The highest BCUT2D eigenvalue weighted by Crippen LogP contribution is 2.39. The van der Waals surface area contributed by atoms with Gasteiger partial charge in [0.2, 0.25) is 0 Å². The van der Waals surface area contributed by atoms with E-state index in [0.29, 0.717) is 0 Å². The number of ketones is 1. The Morgan fingerprint density at radius 3 is 2.41 bits per heavy atom. The Kier molecular flexibility index (Phi) is 3.00. The highest BCUT2D eigenvalue weighted by atomic mass is 19.1. The third kappa shape index (κ3) is 2.36. The van der Waals surface area contributed by atoms with E-state index in [1.165, 1.54) is 6.07 Å². The summed E-state index contributed by atoms with van der Waals surface area (Å²) in [5.41, 5.74) is 4.77. The van der Waals surface area contributed by atoms with Gasteiger partial charge in [0.1, 0.15) is 11.6 Å². The Morgan fingerprint density at radius 1 is 1.41 bits per heavy atom. The van der Waals surface area contributed by atoms with Crippen LogP contribution in [0.1, 0.15) is 25.3 Å². The predicted octanol–water partition coefficient (Wildman–Crippen LogP) is 2.20. The van der Waals surface area contributed by atoms with Gasteiger partial charge in [-0.15, -0.1) is 0 Å². The van der Waals surface area contributed by atoms with Crippen molar-refractivity contribution in [2.75, 3.05) is 0 Å².